The number of benzene rings is 12. The summed E-state index contributed by atoms with van der Waals surface area (Å²) in [5.74, 6) is -3.59. The van der Waals surface area contributed by atoms with Crippen molar-refractivity contribution in [3.8, 4) is 11.1 Å². The molecular formula is C100H104F2N10O21S6. The zero-order valence-corrected chi connectivity index (χ0v) is 81.1. The zero-order chi connectivity index (χ0) is 99.5. The molecule has 4 fully saturated rings. The van der Waals surface area contributed by atoms with Gasteiger partial charge in [-0.3, -0.25) is 24.0 Å². The van der Waals surface area contributed by atoms with E-state index in [2.05, 4.69) is 26.6 Å². The van der Waals surface area contributed by atoms with Crippen molar-refractivity contribution in [2.75, 3.05) is 151 Å². The van der Waals surface area contributed by atoms with Gasteiger partial charge in [-0.2, -0.15) is 21.5 Å². The van der Waals surface area contributed by atoms with E-state index in [1.54, 1.807) is 135 Å². The van der Waals surface area contributed by atoms with Gasteiger partial charge in [0.15, 0.2) is 9.84 Å². The van der Waals surface area contributed by atoms with Gasteiger partial charge in [-0.05, 0) is 182 Å². The average molecular weight is 2010 g/mol. The highest BCUT2D eigenvalue weighted by molar-refractivity contribution is 7.92. The van der Waals surface area contributed by atoms with E-state index in [0.29, 0.717) is 94.7 Å². The van der Waals surface area contributed by atoms with Crippen molar-refractivity contribution >= 4 is 118 Å². The topological polar surface area (TPSA) is 403 Å². The first-order valence-electron chi connectivity index (χ1n) is 43.8. The van der Waals surface area contributed by atoms with Crippen LogP contribution in [-0.4, -0.2) is 226 Å². The third-order valence-electron chi connectivity index (χ3n) is 22.2. The number of carbonyl (C=O) groups is 5. The molecule has 0 bridgehead atoms. The molecule has 0 spiro atoms. The van der Waals surface area contributed by atoms with Crippen LogP contribution in [0.5, 0.6) is 0 Å². The van der Waals surface area contributed by atoms with Gasteiger partial charge in [0.2, 0.25) is 50.1 Å². The predicted octanol–water partition coefficient (Wildman–Crippen LogP) is 13.7. The first-order valence-corrected chi connectivity index (χ1v) is 52.8. The highest BCUT2D eigenvalue weighted by atomic mass is 32.2. The molecule has 5 amide bonds. The van der Waals surface area contributed by atoms with Crippen molar-refractivity contribution < 1.29 is 102 Å². The number of carbonyl (C=O) groups excluding carboxylic acids is 5. The zero-order valence-electron chi connectivity index (χ0n) is 76.2. The molecule has 39 heteroatoms. The number of methoxy groups -OCH3 is 1. The van der Waals surface area contributed by atoms with Crippen molar-refractivity contribution in [1.82, 2.24) is 21.5 Å². The van der Waals surface area contributed by atoms with Gasteiger partial charge < -0.3 is 45.5 Å². The van der Waals surface area contributed by atoms with Gasteiger partial charge in [-0.25, -0.2) is 59.3 Å². The molecule has 4 aliphatic rings. The van der Waals surface area contributed by atoms with E-state index in [9.17, 15) is 83.3 Å². The Kier molecular flexibility index (Phi) is 36.8. The maximum atomic E-state index is 13.7. The van der Waals surface area contributed by atoms with Gasteiger partial charge in [0, 0.05) is 101 Å². The summed E-state index contributed by atoms with van der Waals surface area (Å²) in [4.78, 5) is 62.8. The minimum absolute atomic E-state index is 0.00262. The second-order valence-corrected chi connectivity index (χ2v) is 43.8. The van der Waals surface area contributed by atoms with Crippen molar-refractivity contribution in [2.24, 2.45) is 0 Å². The molecule has 0 atom stereocenters. The number of hydrogen-bond donors (Lipinski definition) is 5. The summed E-state index contributed by atoms with van der Waals surface area (Å²) in [6.07, 6.45) is 0.763. The first-order chi connectivity index (χ1) is 66.5. The molecular weight excluding hydrogens is 1910 g/mol. The number of sulfone groups is 1. The fourth-order valence-electron chi connectivity index (χ4n) is 14.4. The molecule has 5 N–H and O–H groups in total. The van der Waals surface area contributed by atoms with Crippen molar-refractivity contribution in [3.05, 3.63) is 359 Å². The van der Waals surface area contributed by atoms with E-state index in [-0.39, 0.29) is 120 Å². The Balaban J connectivity index is 0.000000156. The molecule has 4 heterocycles. The van der Waals surface area contributed by atoms with Gasteiger partial charge in [-0.15, -0.1) is 0 Å². The van der Waals surface area contributed by atoms with Gasteiger partial charge in [0.25, 0.3) is 29.5 Å². The van der Waals surface area contributed by atoms with Gasteiger partial charge in [0.1, 0.15) is 36.1 Å². The number of anilines is 5. The van der Waals surface area contributed by atoms with E-state index >= 15 is 0 Å². The van der Waals surface area contributed by atoms with Crippen LogP contribution in [0.3, 0.4) is 0 Å². The summed E-state index contributed by atoms with van der Waals surface area (Å²) >= 11 is 0. The van der Waals surface area contributed by atoms with Crippen molar-refractivity contribution in [3.63, 3.8) is 0 Å². The summed E-state index contributed by atoms with van der Waals surface area (Å²) in [6, 6.07) is 80.9. The second-order valence-electron chi connectivity index (χ2n) is 31.8. The number of nitrogens with zero attached hydrogens (tertiary/aromatic N) is 5. The highest BCUT2D eigenvalue weighted by Gasteiger charge is 2.36. The molecule has 0 saturated carbocycles. The van der Waals surface area contributed by atoms with E-state index in [0.717, 1.165) is 44.6 Å². The Bertz CT molecular complexity index is 7030. The molecule has 12 aromatic carbocycles. The van der Waals surface area contributed by atoms with E-state index in [1.165, 1.54) is 109 Å². The number of nitrogens with one attached hydrogen (secondary N) is 5. The summed E-state index contributed by atoms with van der Waals surface area (Å²) in [6.45, 7) is 7.95. The molecule has 12 aromatic rings. The predicted molar refractivity (Wildman–Crippen MR) is 526 cm³/mol. The lowest BCUT2D eigenvalue weighted by molar-refractivity contribution is 0.0730. The standard InChI is InChI=1S/C23H22N2O4S.C21H19FN2O3S.C20H24N2O5S.C18H19FN2O4S.C18H20N2O5S2/c26-23(20-12-10-19(11-13-20)18-6-2-1-3-7-18)24-21-8-4-5-9-22(21)30(27,28)25-14-16-29-17-15-25;1-24(15-16-7-3-2-4-8-16)28(26,27)20-10-6-5-9-19(20)23-21(25)17-11-13-18(22)14-12-17;1-26-13-10-16-6-8-17(9-7-16)20(23)21-18-4-2-3-5-19(18)28(24,25)22-11-14-27-15-12-22;1-13-6-7-14(12-15(13)19)18(22)20-16-4-2-3-5-17(16)26(23,24)21-8-10-25-11-9-21;1-14-6-8-15(9-7-14)18(21)19-16-4-2-3-5-17(16)27(24,25)20-10-12-26(22,23)13-11-20/h1-13H,14-17H2,(H,24,26);2-14H,15H2,1H3,(H,23,25);2-9H,10-15H2,1H3,(H,21,23);2-7,12H,8-11H2,1H3,(H,20,22);2-9H,10-13H2,1H3,(H,19,21). The Labute approximate surface area is 808 Å². The number of sulfonamides is 5. The average Bonchev–Trinajstić information content (AvgIpc) is 1.12. The largest absolute Gasteiger partial charge is 0.384 e. The number of para-hydroxylation sites is 5. The van der Waals surface area contributed by atoms with Crippen LogP contribution < -0.4 is 26.6 Å². The van der Waals surface area contributed by atoms with Gasteiger partial charge in [-0.1, -0.05) is 169 Å². The number of morpholine rings is 3. The summed E-state index contributed by atoms with van der Waals surface area (Å²) in [7, 11) is -19.0. The molecule has 730 valence electrons. The van der Waals surface area contributed by atoms with Crippen LogP contribution in [0.25, 0.3) is 11.1 Å². The fourth-order valence-corrected chi connectivity index (χ4v) is 23.4. The number of aryl methyl sites for hydroxylation is 2. The lowest BCUT2D eigenvalue weighted by Gasteiger charge is -2.27. The van der Waals surface area contributed by atoms with E-state index in [4.69, 9.17) is 18.9 Å². The SMILES string of the molecule is CN(Cc1ccccc1)S(=O)(=O)c1ccccc1NC(=O)c1ccc(F)cc1.COCCc1ccc(C(=O)Nc2ccccc2S(=O)(=O)N2CCOCC2)cc1.Cc1ccc(C(=O)Nc2ccccc2S(=O)(=O)N2CCOCC2)cc1F.Cc1ccc(C(=O)Nc2ccccc2S(=O)(=O)N2CCS(=O)(=O)CC2)cc1.O=C(Nc1ccccc1S(=O)(=O)N1CCOCC1)c1ccc(-c2ccccc2)cc1. The van der Waals surface area contributed by atoms with Gasteiger partial charge >= 0.3 is 0 Å². The normalized spacial score (nSPS) is 14.9. The van der Waals surface area contributed by atoms with Crippen LogP contribution in [0.15, 0.2) is 322 Å². The van der Waals surface area contributed by atoms with E-state index in [1.807, 2.05) is 91.9 Å². The number of halogens is 2. The molecule has 31 nitrogen and oxygen atoms in total. The third-order valence-corrected chi connectivity index (χ3v) is 33.5. The Morgan fingerprint density at radius 2 is 0.647 bits per heavy atom. The van der Waals surface area contributed by atoms with Gasteiger partial charge in [0.05, 0.1) is 86.2 Å². The van der Waals surface area contributed by atoms with Crippen molar-refractivity contribution in [1.29, 1.82) is 0 Å². The van der Waals surface area contributed by atoms with Crippen LogP contribution in [-0.2, 0) is 91.9 Å². The molecule has 139 heavy (non-hydrogen) atoms. The van der Waals surface area contributed by atoms with Crippen LogP contribution >= 0.6 is 0 Å². The van der Waals surface area contributed by atoms with Crippen LogP contribution in [0, 0.1) is 25.5 Å². The van der Waals surface area contributed by atoms with Crippen LogP contribution in [0.1, 0.15) is 74.0 Å². The highest BCUT2D eigenvalue weighted by Crippen LogP contribution is 2.33. The molecule has 0 radical (unpaired) electrons. The molecule has 4 saturated heterocycles. The molecule has 16 rings (SSSR count). The summed E-state index contributed by atoms with van der Waals surface area (Å²) in [5.41, 5.74) is 8.10. The fraction of sp³-hybridized carbons (Fsp3) is 0.230. The maximum Gasteiger partial charge on any atom is 0.255 e. The van der Waals surface area contributed by atoms with Crippen LogP contribution in [0.2, 0.25) is 0 Å². The van der Waals surface area contributed by atoms with Crippen molar-refractivity contribution in [2.45, 2.75) is 51.3 Å². The minimum atomic E-state index is -3.92. The summed E-state index contributed by atoms with van der Waals surface area (Å²) in [5, 5.41) is 13.3. The Hall–Kier alpha value is -12.8. The monoisotopic (exact) mass is 2010 g/mol. The quantitative estimate of drug-likeness (QED) is 0.0336. The smallest absolute Gasteiger partial charge is 0.255 e. The Morgan fingerprint density at radius 1 is 0.353 bits per heavy atom. The second kappa shape index (κ2) is 48.7. The van der Waals surface area contributed by atoms with E-state index < -0.39 is 89.3 Å². The maximum absolute atomic E-state index is 13.7. The molecule has 0 aliphatic carbocycles. The lowest BCUT2D eigenvalue weighted by Crippen LogP contribution is -2.43. The third kappa shape index (κ3) is 28.3. The number of ether oxygens (including phenoxy) is 4. The number of hydrogen-bond acceptors (Lipinski definition) is 21. The first kappa shape index (κ1) is 105. The molecule has 0 aromatic heterocycles. The summed E-state index contributed by atoms with van der Waals surface area (Å²) < 4.78 is 207. The van der Waals surface area contributed by atoms with Crippen LogP contribution in [0.4, 0.5) is 37.2 Å². The minimum Gasteiger partial charge on any atom is -0.384 e. The molecule has 0 unspecified atom stereocenters. The number of rotatable bonds is 26. The lowest BCUT2D eigenvalue weighted by atomic mass is 10.0. The Morgan fingerprint density at radius 3 is 1.01 bits per heavy atom. The molecule has 4 aliphatic heterocycles. The number of amides is 5.